The average molecular weight is 364 g/mol. The Balaban J connectivity index is 1.54. The van der Waals surface area contributed by atoms with E-state index >= 15 is 0 Å². The zero-order valence-electron chi connectivity index (χ0n) is 16.1. The molecule has 0 spiro atoms. The maximum absolute atomic E-state index is 12.7. The minimum Gasteiger partial charge on any atom is -0.326 e. The fraction of sp³-hybridized carbons (Fsp3) is 0.391. The molecular formula is C23H28N2O2. The van der Waals surface area contributed by atoms with Gasteiger partial charge in [0.2, 0.25) is 11.8 Å². The maximum Gasteiger partial charge on any atom is 0.227 e. The fourth-order valence-corrected chi connectivity index (χ4v) is 3.81. The molecule has 0 unspecified atom stereocenters. The number of anilines is 2. The topological polar surface area (TPSA) is 58.2 Å². The summed E-state index contributed by atoms with van der Waals surface area (Å²) in [6.45, 7) is 4.13. The van der Waals surface area contributed by atoms with Crippen LogP contribution in [-0.2, 0) is 16.0 Å². The molecular weight excluding hydrogens is 336 g/mol. The summed E-state index contributed by atoms with van der Waals surface area (Å²) in [5.41, 5.74) is 4.04. The van der Waals surface area contributed by atoms with Gasteiger partial charge in [0.05, 0.1) is 0 Å². The second-order valence-electron chi connectivity index (χ2n) is 7.36. The second kappa shape index (κ2) is 8.85. The Morgan fingerprint density at radius 2 is 1.44 bits per heavy atom. The van der Waals surface area contributed by atoms with Crippen LogP contribution in [0.2, 0.25) is 0 Å². The van der Waals surface area contributed by atoms with E-state index in [0.717, 1.165) is 49.0 Å². The van der Waals surface area contributed by atoms with Crippen LogP contribution in [0.3, 0.4) is 0 Å². The summed E-state index contributed by atoms with van der Waals surface area (Å²) in [7, 11) is 0. The van der Waals surface area contributed by atoms with E-state index in [1.807, 2.05) is 49.4 Å². The number of benzene rings is 2. The average Bonchev–Trinajstić information content (AvgIpc) is 2.70. The highest BCUT2D eigenvalue weighted by atomic mass is 16.2. The smallest absolute Gasteiger partial charge is 0.227 e. The predicted octanol–water partition coefficient (Wildman–Crippen LogP) is 4.94. The van der Waals surface area contributed by atoms with Gasteiger partial charge in [-0.3, -0.25) is 9.59 Å². The lowest BCUT2D eigenvalue weighted by atomic mass is 9.81. The Labute approximate surface area is 161 Å². The van der Waals surface area contributed by atoms with Crippen LogP contribution < -0.4 is 10.6 Å². The van der Waals surface area contributed by atoms with Gasteiger partial charge < -0.3 is 10.6 Å². The molecule has 0 atom stereocenters. The molecule has 4 heteroatoms. The largest absolute Gasteiger partial charge is 0.326 e. The Morgan fingerprint density at radius 3 is 2.04 bits per heavy atom. The molecule has 4 nitrogen and oxygen atoms in total. The van der Waals surface area contributed by atoms with Crippen LogP contribution in [0.1, 0.15) is 43.7 Å². The Kier molecular flexibility index (Phi) is 6.28. The van der Waals surface area contributed by atoms with E-state index in [4.69, 9.17) is 0 Å². The summed E-state index contributed by atoms with van der Waals surface area (Å²) in [5.74, 6) is 0.113. The Hall–Kier alpha value is -2.62. The van der Waals surface area contributed by atoms with Gasteiger partial charge in [-0.2, -0.15) is 0 Å². The summed E-state index contributed by atoms with van der Waals surface area (Å²) < 4.78 is 0. The van der Waals surface area contributed by atoms with E-state index in [1.165, 1.54) is 5.56 Å². The Bertz CT molecular complexity index is 793. The van der Waals surface area contributed by atoms with Crippen molar-refractivity contribution in [3.05, 3.63) is 59.7 Å². The van der Waals surface area contributed by atoms with Crippen molar-refractivity contribution < 1.29 is 9.59 Å². The summed E-state index contributed by atoms with van der Waals surface area (Å²) in [4.78, 5) is 25.2. The monoisotopic (exact) mass is 364 g/mol. The standard InChI is InChI=1S/C23H28N2O2/c1-3-17-9-7-8-16(2)21(17)25-23(27)19-14-12-18(13-15-19)22(26)24-20-10-5-4-6-11-20/h4-11,18-19H,3,12-15H2,1-2H3,(H,24,26)(H,25,27). The highest BCUT2D eigenvalue weighted by molar-refractivity contribution is 5.95. The van der Waals surface area contributed by atoms with Gasteiger partial charge in [0.15, 0.2) is 0 Å². The van der Waals surface area contributed by atoms with Gasteiger partial charge in [-0.1, -0.05) is 43.3 Å². The van der Waals surface area contributed by atoms with Crippen LogP contribution in [0.4, 0.5) is 11.4 Å². The first-order chi connectivity index (χ1) is 13.1. The third kappa shape index (κ3) is 4.76. The minimum absolute atomic E-state index is 0.0149. The van der Waals surface area contributed by atoms with E-state index in [2.05, 4.69) is 23.6 Å². The van der Waals surface area contributed by atoms with Crippen LogP contribution in [0.25, 0.3) is 0 Å². The number of aryl methyl sites for hydroxylation is 2. The molecule has 1 aliphatic rings. The van der Waals surface area contributed by atoms with Crippen molar-refractivity contribution in [1.29, 1.82) is 0 Å². The van der Waals surface area contributed by atoms with Crippen LogP contribution in [0.15, 0.2) is 48.5 Å². The third-order valence-electron chi connectivity index (χ3n) is 5.50. The molecule has 27 heavy (non-hydrogen) atoms. The molecule has 0 bridgehead atoms. The molecule has 0 heterocycles. The zero-order chi connectivity index (χ0) is 19.2. The van der Waals surface area contributed by atoms with Gasteiger partial charge in [-0.05, 0) is 62.3 Å². The van der Waals surface area contributed by atoms with Crippen molar-refractivity contribution in [2.75, 3.05) is 10.6 Å². The van der Waals surface area contributed by atoms with E-state index in [1.54, 1.807) is 0 Å². The highest BCUT2D eigenvalue weighted by Gasteiger charge is 2.30. The normalized spacial score (nSPS) is 19.3. The molecule has 0 radical (unpaired) electrons. The van der Waals surface area contributed by atoms with Crippen LogP contribution >= 0.6 is 0 Å². The van der Waals surface area contributed by atoms with Gasteiger partial charge in [-0.25, -0.2) is 0 Å². The molecule has 1 saturated carbocycles. The molecule has 0 aromatic heterocycles. The van der Waals surface area contributed by atoms with Crippen molar-refractivity contribution in [3.8, 4) is 0 Å². The molecule has 0 saturated heterocycles. The summed E-state index contributed by atoms with van der Waals surface area (Å²) in [6.07, 6.45) is 3.91. The van der Waals surface area contributed by atoms with E-state index in [-0.39, 0.29) is 23.7 Å². The molecule has 2 N–H and O–H groups in total. The number of amides is 2. The third-order valence-corrected chi connectivity index (χ3v) is 5.50. The predicted molar refractivity (Wildman–Crippen MR) is 110 cm³/mol. The van der Waals surface area contributed by atoms with Crippen molar-refractivity contribution in [2.24, 2.45) is 11.8 Å². The van der Waals surface area contributed by atoms with E-state index in [0.29, 0.717) is 0 Å². The number of carbonyl (C=O) groups is 2. The highest BCUT2D eigenvalue weighted by Crippen LogP contribution is 2.31. The number of nitrogens with one attached hydrogen (secondary N) is 2. The van der Waals surface area contributed by atoms with Crippen LogP contribution in [-0.4, -0.2) is 11.8 Å². The van der Waals surface area contributed by atoms with Crippen molar-refractivity contribution in [2.45, 2.75) is 46.0 Å². The molecule has 0 aliphatic heterocycles. The van der Waals surface area contributed by atoms with Crippen molar-refractivity contribution in [1.82, 2.24) is 0 Å². The number of rotatable bonds is 5. The van der Waals surface area contributed by atoms with Gasteiger partial charge >= 0.3 is 0 Å². The number of hydrogen-bond donors (Lipinski definition) is 2. The van der Waals surface area contributed by atoms with Gasteiger partial charge in [0.25, 0.3) is 0 Å². The lowest BCUT2D eigenvalue weighted by Crippen LogP contribution is -2.32. The number of para-hydroxylation sites is 2. The van der Waals surface area contributed by atoms with Crippen LogP contribution in [0, 0.1) is 18.8 Å². The van der Waals surface area contributed by atoms with Crippen LogP contribution in [0.5, 0.6) is 0 Å². The van der Waals surface area contributed by atoms with Gasteiger partial charge in [-0.15, -0.1) is 0 Å². The summed E-state index contributed by atoms with van der Waals surface area (Å²) in [6, 6.07) is 15.7. The maximum atomic E-state index is 12.7. The fourth-order valence-electron chi connectivity index (χ4n) is 3.81. The number of hydrogen-bond acceptors (Lipinski definition) is 2. The molecule has 1 aliphatic carbocycles. The molecule has 2 aromatic rings. The summed E-state index contributed by atoms with van der Waals surface area (Å²) in [5, 5.41) is 6.12. The molecule has 2 aromatic carbocycles. The lowest BCUT2D eigenvalue weighted by Gasteiger charge is -2.27. The van der Waals surface area contributed by atoms with E-state index < -0.39 is 0 Å². The lowest BCUT2D eigenvalue weighted by molar-refractivity contribution is -0.125. The minimum atomic E-state index is -0.0184. The first kappa shape index (κ1) is 19.2. The zero-order valence-corrected chi connectivity index (χ0v) is 16.1. The van der Waals surface area contributed by atoms with E-state index in [9.17, 15) is 9.59 Å². The summed E-state index contributed by atoms with van der Waals surface area (Å²) >= 11 is 0. The second-order valence-corrected chi connectivity index (χ2v) is 7.36. The molecule has 3 rings (SSSR count). The van der Waals surface area contributed by atoms with Gasteiger partial charge in [0.1, 0.15) is 0 Å². The Morgan fingerprint density at radius 1 is 0.852 bits per heavy atom. The first-order valence-electron chi connectivity index (χ1n) is 9.83. The van der Waals surface area contributed by atoms with Crippen molar-refractivity contribution >= 4 is 23.2 Å². The number of carbonyl (C=O) groups excluding carboxylic acids is 2. The van der Waals surface area contributed by atoms with Gasteiger partial charge in [0, 0.05) is 23.2 Å². The first-order valence-corrected chi connectivity index (χ1v) is 9.83. The quantitative estimate of drug-likeness (QED) is 0.789. The van der Waals surface area contributed by atoms with Crippen molar-refractivity contribution in [3.63, 3.8) is 0 Å². The SMILES string of the molecule is CCc1cccc(C)c1NC(=O)C1CCC(C(=O)Nc2ccccc2)CC1. The molecule has 142 valence electrons. The molecule has 2 amide bonds. The molecule has 1 fully saturated rings.